The standard InChI is InChI=1S/C20H19N5O2/c1-14(26)24-17-4-6-18(7-5-17)25-19-9-16(12-22-13-19)20(27)23-11-15-3-2-8-21-10-15/h2-10,12-13,25H,11H2,1H3,(H,23,27)(H,24,26). The Morgan fingerprint density at radius 3 is 2.41 bits per heavy atom. The van der Waals surface area contributed by atoms with E-state index in [1.807, 2.05) is 24.3 Å². The van der Waals surface area contributed by atoms with Gasteiger partial charge in [0, 0.05) is 43.4 Å². The van der Waals surface area contributed by atoms with E-state index in [-0.39, 0.29) is 11.8 Å². The van der Waals surface area contributed by atoms with E-state index in [0.29, 0.717) is 17.8 Å². The number of benzene rings is 1. The molecule has 0 aliphatic carbocycles. The molecule has 0 unspecified atom stereocenters. The lowest BCUT2D eigenvalue weighted by atomic mass is 10.2. The highest BCUT2D eigenvalue weighted by Crippen LogP contribution is 2.19. The van der Waals surface area contributed by atoms with Gasteiger partial charge in [-0.1, -0.05) is 6.07 Å². The number of amides is 2. The Kier molecular flexibility index (Phi) is 5.73. The maximum Gasteiger partial charge on any atom is 0.253 e. The van der Waals surface area contributed by atoms with Crippen LogP contribution in [0, 0.1) is 0 Å². The van der Waals surface area contributed by atoms with Gasteiger partial charge in [-0.25, -0.2) is 0 Å². The number of anilines is 3. The summed E-state index contributed by atoms with van der Waals surface area (Å²) in [6.45, 7) is 1.86. The largest absolute Gasteiger partial charge is 0.354 e. The first kappa shape index (κ1) is 18.1. The van der Waals surface area contributed by atoms with Gasteiger partial charge in [-0.15, -0.1) is 0 Å². The molecule has 0 saturated carbocycles. The van der Waals surface area contributed by atoms with Crippen LogP contribution in [0.1, 0.15) is 22.8 Å². The summed E-state index contributed by atoms with van der Waals surface area (Å²) in [5, 5.41) is 8.74. The van der Waals surface area contributed by atoms with E-state index in [0.717, 1.165) is 16.9 Å². The van der Waals surface area contributed by atoms with Crippen molar-refractivity contribution in [1.29, 1.82) is 0 Å². The zero-order valence-electron chi connectivity index (χ0n) is 14.8. The molecule has 27 heavy (non-hydrogen) atoms. The van der Waals surface area contributed by atoms with Gasteiger partial charge in [0.15, 0.2) is 0 Å². The van der Waals surface area contributed by atoms with Gasteiger partial charge >= 0.3 is 0 Å². The maximum atomic E-state index is 12.3. The van der Waals surface area contributed by atoms with E-state index in [9.17, 15) is 9.59 Å². The van der Waals surface area contributed by atoms with Crippen LogP contribution in [0.4, 0.5) is 17.1 Å². The average Bonchev–Trinajstić information content (AvgIpc) is 2.68. The molecule has 7 nitrogen and oxygen atoms in total. The summed E-state index contributed by atoms with van der Waals surface area (Å²) in [6.07, 6.45) is 6.55. The fourth-order valence-corrected chi connectivity index (χ4v) is 2.43. The molecule has 0 aliphatic rings. The van der Waals surface area contributed by atoms with Crippen molar-refractivity contribution < 1.29 is 9.59 Å². The van der Waals surface area contributed by atoms with Crippen molar-refractivity contribution >= 4 is 28.9 Å². The number of pyridine rings is 2. The number of hydrogen-bond donors (Lipinski definition) is 3. The highest BCUT2D eigenvalue weighted by molar-refractivity contribution is 5.94. The summed E-state index contributed by atoms with van der Waals surface area (Å²) in [6, 6.07) is 12.7. The van der Waals surface area contributed by atoms with Gasteiger partial charge in [0.05, 0.1) is 17.4 Å². The van der Waals surface area contributed by atoms with E-state index >= 15 is 0 Å². The van der Waals surface area contributed by atoms with Crippen molar-refractivity contribution in [1.82, 2.24) is 15.3 Å². The second-order valence-corrected chi connectivity index (χ2v) is 5.89. The summed E-state index contributed by atoms with van der Waals surface area (Å²) >= 11 is 0. The first-order valence-corrected chi connectivity index (χ1v) is 8.37. The number of carbonyl (C=O) groups excluding carboxylic acids is 2. The summed E-state index contributed by atoms with van der Waals surface area (Å²) in [5.74, 6) is -0.332. The summed E-state index contributed by atoms with van der Waals surface area (Å²) in [4.78, 5) is 31.5. The fourth-order valence-electron chi connectivity index (χ4n) is 2.43. The van der Waals surface area contributed by atoms with Crippen molar-refractivity contribution in [3.8, 4) is 0 Å². The van der Waals surface area contributed by atoms with Gasteiger partial charge in [-0.3, -0.25) is 19.6 Å². The van der Waals surface area contributed by atoms with Crippen LogP contribution in [0.5, 0.6) is 0 Å². The fraction of sp³-hybridized carbons (Fsp3) is 0.100. The van der Waals surface area contributed by atoms with E-state index in [1.165, 1.54) is 13.1 Å². The molecule has 136 valence electrons. The average molecular weight is 361 g/mol. The molecule has 0 radical (unpaired) electrons. The minimum Gasteiger partial charge on any atom is -0.354 e. The predicted molar refractivity (Wildman–Crippen MR) is 104 cm³/mol. The van der Waals surface area contributed by atoms with Crippen molar-refractivity contribution in [2.75, 3.05) is 10.6 Å². The molecular formula is C20H19N5O2. The topological polar surface area (TPSA) is 96.0 Å². The Bertz CT molecular complexity index is 927. The van der Waals surface area contributed by atoms with Crippen LogP contribution >= 0.6 is 0 Å². The smallest absolute Gasteiger partial charge is 0.253 e. The predicted octanol–water partition coefficient (Wildman–Crippen LogP) is 3.11. The van der Waals surface area contributed by atoms with Crippen LogP contribution in [0.2, 0.25) is 0 Å². The Morgan fingerprint density at radius 2 is 1.70 bits per heavy atom. The number of aromatic nitrogens is 2. The molecule has 2 heterocycles. The number of nitrogens with one attached hydrogen (secondary N) is 3. The molecule has 3 rings (SSSR count). The Hall–Kier alpha value is -3.74. The SMILES string of the molecule is CC(=O)Nc1ccc(Nc2cncc(C(=O)NCc3cccnc3)c2)cc1. The maximum absolute atomic E-state index is 12.3. The van der Waals surface area contributed by atoms with Crippen molar-refractivity contribution in [2.24, 2.45) is 0 Å². The van der Waals surface area contributed by atoms with Gasteiger partial charge in [0.25, 0.3) is 5.91 Å². The number of carbonyl (C=O) groups is 2. The Labute approximate surface area is 156 Å². The molecule has 7 heteroatoms. The molecule has 3 aromatic rings. The van der Waals surface area contributed by atoms with Crippen molar-refractivity contribution in [2.45, 2.75) is 13.5 Å². The third-order valence-corrected chi connectivity index (χ3v) is 3.67. The van der Waals surface area contributed by atoms with Crippen LogP contribution in [-0.4, -0.2) is 21.8 Å². The lowest BCUT2D eigenvalue weighted by Gasteiger charge is -2.09. The zero-order chi connectivity index (χ0) is 19.1. The van der Waals surface area contributed by atoms with Crippen LogP contribution in [0.15, 0.2) is 67.3 Å². The molecule has 2 aromatic heterocycles. The second kappa shape index (κ2) is 8.57. The molecule has 1 aromatic carbocycles. The van der Waals surface area contributed by atoms with E-state index in [2.05, 4.69) is 25.9 Å². The molecule has 0 atom stereocenters. The molecule has 0 spiro atoms. The van der Waals surface area contributed by atoms with Gasteiger partial charge in [-0.2, -0.15) is 0 Å². The van der Waals surface area contributed by atoms with Crippen LogP contribution in [0.3, 0.4) is 0 Å². The van der Waals surface area contributed by atoms with Gasteiger partial charge in [0.2, 0.25) is 5.91 Å². The van der Waals surface area contributed by atoms with Crippen molar-refractivity contribution in [3.63, 3.8) is 0 Å². The lowest BCUT2D eigenvalue weighted by Crippen LogP contribution is -2.23. The normalized spacial score (nSPS) is 10.1. The quantitative estimate of drug-likeness (QED) is 0.627. The molecule has 0 saturated heterocycles. The summed E-state index contributed by atoms with van der Waals surface area (Å²) in [5.41, 5.74) is 3.61. The number of hydrogen-bond acceptors (Lipinski definition) is 5. The van der Waals surface area contributed by atoms with Crippen LogP contribution in [0.25, 0.3) is 0 Å². The number of rotatable bonds is 6. The zero-order valence-corrected chi connectivity index (χ0v) is 14.8. The molecule has 0 aliphatic heterocycles. The third kappa shape index (κ3) is 5.37. The Morgan fingerprint density at radius 1 is 0.926 bits per heavy atom. The molecule has 0 bridgehead atoms. The summed E-state index contributed by atoms with van der Waals surface area (Å²) < 4.78 is 0. The van der Waals surface area contributed by atoms with E-state index < -0.39 is 0 Å². The van der Waals surface area contributed by atoms with Crippen LogP contribution in [-0.2, 0) is 11.3 Å². The highest BCUT2D eigenvalue weighted by atomic mass is 16.2. The first-order valence-electron chi connectivity index (χ1n) is 8.37. The Balaban J connectivity index is 1.62. The molecule has 2 amide bonds. The van der Waals surface area contributed by atoms with Gasteiger partial charge in [-0.05, 0) is 42.0 Å². The third-order valence-electron chi connectivity index (χ3n) is 3.67. The van der Waals surface area contributed by atoms with E-state index in [1.54, 1.807) is 36.8 Å². The second-order valence-electron chi connectivity index (χ2n) is 5.89. The summed E-state index contributed by atoms with van der Waals surface area (Å²) in [7, 11) is 0. The lowest BCUT2D eigenvalue weighted by molar-refractivity contribution is -0.114. The highest BCUT2D eigenvalue weighted by Gasteiger charge is 2.07. The minimum atomic E-state index is -0.212. The van der Waals surface area contributed by atoms with E-state index in [4.69, 9.17) is 0 Å². The van der Waals surface area contributed by atoms with Crippen LogP contribution < -0.4 is 16.0 Å². The molecular weight excluding hydrogens is 342 g/mol. The molecule has 3 N–H and O–H groups in total. The monoisotopic (exact) mass is 361 g/mol. The van der Waals surface area contributed by atoms with Crippen molar-refractivity contribution in [3.05, 3.63) is 78.4 Å². The van der Waals surface area contributed by atoms with Gasteiger partial charge < -0.3 is 16.0 Å². The first-order chi connectivity index (χ1) is 13.1. The molecule has 0 fully saturated rings. The van der Waals surface area contributed by atoms with Gasteiger partial charge in [0.1, 0.15) is 0 Å². The minimum absolute atomic E-state index is 0.120. The number of nitrogens with zero attached hydrogens (tertiary/aromatic N) is 2.